The maximum atomic E-state index is 12.3. The van der Waals surface area contributed by atoms with Crippen molar-refractivity contribution in [2.45, 2.75) is 26.3 Å². The molecule has 0 aliphatic heterocycles. The molecular formula is C17H20N4O3. The third-order valence-corrected chi connectivity index (χ3v) is 2.94. The van der Waals surface area contributed by atoms with Crippen LogP contribution in [0.5, 0.6) is 0 Å². The summed E-state index contributed by atoms with van der Waals surface area (Å²) in [7, 11) is 1.30. The molecule has 0 radical (unpaired) electrons. The Morgan fingerprint density at radius 1 is 1.12 bits per heavy atom. The zero-order chi connectivity index (χ0) is 17.7. The summed E-state index contributed by atoms with van der Waals surface area (Å²) in [6.45, 7) is 5.98. The van der Waals surface area contributed by atoms with Crippen molar-refractivity contribution in [2.24, 2.45) is 0 Å². The summed E-state index contributed by atoms with van der Waals surface area (Å²) >= 11 is 0. The first-order valence-corrected chi connectivity index (χ1v) is 7.38. The number of nitrogens with one attached hydrogen (secondary N) is 2. The quantitative estimate of drug-likeness (QED) is 0.838. The fourth-order valence-electron chi connectivity index (χ4n) is 1.97. The molecular weight excluding hydrogens is 308 g/mol. The van der Waals surface area contributed by atoms with Crippen LogP contribution in [-0.2, 0) is 4.74 Å². The summed E-state index contributed by atoms with van der Waals surface area (Å²) in [5, 5.41) is 5.88. The third kappa shape index (κ3) is 4.77. The molecule has 7 nitrogen and oxygen atoms in total. The number of rotatable bonds is 4. The van der Waals surface area contributed by atoms with Gasteiger partial charge in [0.2, 0.25) is 0 Å². The number of methoxy groups -OCH3 is 1. The van der Waals surface area contributed by atoms with E-state index in [1.165, 1.54) is 13.4 Å². The molecule has 2 aromatic rings. The number of carbonyl (C=O) groups excluding carboxylic acids is 2. The fourth-order valence-corrected chi connectivity index (χ4v) is 1.97. The standard InChI is InChI=1S/C17H20N4O3/c1-17(2,3)21-14-9-13(18-10-19-14)15(22)20-12-7-5-6-11(8-12)16(23)24-4/h5-10H,1-4H3,(H,20,22)(H,18,19,21). The molecule has 1 amide bonds. The predicted octanol–water partition coefficient (Wildman–Crippen LogP) is 2.73. The molecule has 1 heterocycles. The summed E-state index contributed by atoms with van der Waals surface area (Å²) in [6.07, 6.45) is 1.33. The molecule has 1 aromatic heterocycles. The Hall–Kier alpha value is -2.96. The van der Waals surface area contributed by atoms with Gasteiger partial charge in [-0.3, -0.25) is 4.79 Å². The summed E-state index contributed by atoms with van der Waals surface area (Å²) in [5.41, 5.74) is 0.872. The van der Waals surface area contributed by atoms with Gasteiger partial charge in [0.25, 0.3) is 5.91 Å². The van der Waals surface area contributed by atoms with Crippen molar-refractivity contribution in [1.29, 1.82) is 0 Å². The van der Waals surface area contributed by atoms with Gasteiger partial charge in [0.05, 0.1) is 12.7 Å². The Kier molecular flexibility index (Phi) is 5.13. The SMILES string of the molecule is COC(=O)c1cccc(NC(=O)c2cc(NC(C)(C)C)ncn2)c1. The monoisotopic (exact) mass is 328 g/mol. The van der Waals surface area contributed by atoms with Gasteiger partial charge in [0, 0.05) is 17.3 Å². The molecule has 7 heteroatoms. The molecule has 0 unspecified atom stereocenters. The van der Waals surface area contributed by atoms with Crippen LogP contribution in [0, 0.1) is 0 Å². The number of carbonyl (C=O) groups is 2. The molecule has 0 bridgehead atoms. The first-order chi connectivity index (χ1) is 11.3. The first kappa shape index (κ1) is 17.4. The van der Waals surface area contributed by atoms with Gasteiger partial charge in [-0.05, 0) is 39.0 Å². The molecule has 0 saturated heterocycles. The zero-order valence-electron chi connectivity index (χ0n) is 14.1. The van der Waals surface area contributed by atoms with Crippen molar-refractivity contribution in [1.82, 2.24) is 9.97 Å². The van der Waals surface area contributed by atoms with Gasteiger partial charge in [-0.2, -0.15) is 0 Å². The van der Waals surface area contributed by atoms with Crippen molar-refractivity contribution in [3.05, 3.63) is 47.9 Å². The molecule has 0 saturated carbocycles. The summed E-state index contributed by atoms with van der Waals surface area (Å²) in [4.78, 5) is 32.0. The van der Waals surface area contributed by atoms with E-state index in [1.807, 2.05) is 20.8 Å². The van der Waals surface area contributed by atoms with Gasteiger partial charge >= 0.3 is 5.97 Å². The average molecular weight is 328 g/mol. The topological polar surface area (TPSA) is 93.2 Å². The molecule has 0 spiro atoms. The van der Waals surface area contributed by atoms with Crippen LogP contribution in [0.1, 0.15) is 41.6 Å². The van der Waals surface area contributed by atoms with Crippen LogP contribution >= 0.6 is 0 Å². The summed E-state index contributed by atoms with van der Waals surface area (Å²) in [5.74, 6) is -0.299. The van der Waals surface area contributed by atoms with Crippen LogP contribution in [0.15, 0.2) is 36.7 Å². The van der Waals surface area contributed by atoms with Crippen molar-refractivity contribution in [3.63, 3.8) is 0 Å². The Morgan fingerprint density at radius 3 is 2.54 bits per heavy atom. The van der Waals surface area contributed by atoms with Gasteiger partial charge in [-0.25, -0.2) is 14.8 Å². The van der Waals surface area contributed by atoms with Crippen molar-refractivity contribution >= 4 is 23.4 Å². The molecule has 0 atom stereocenters. The number of nitrogens with zero attached hydrogens (tertiary/aromatic N) is 2. The van der Waals surface area contributed by atoms with E-state index in [4.69, 9.17) is 0 Å². The van der Waals surface area contributed by atoms with Gasteiger partial charge in [0.15, 0.2) is 0 Å². The van der Waals surface area contributed by atoms with Crippen LogP contribution in [0.3, 0.4) is 0 Å². The van der Waals surface area contributed by atoms with E-state index in [0.717, 1.165) is 0 Å². The lowest BCUT2D eigenvalue weighted by Gasteiger charge is -2.21. The molecule has 126 valence electrons. The smallest absolute Gasteiger partial charge is 0.337 e. The second-order valence-corrected chi connectivity index (χ2v) is 6.19. The lowest BCUT2D eigenvalue weighted by atomic mass is 10.1. The van der Waals surface area contributed by atoms with Crippen LogP contribution < -0.4 is 10.6 Å². The summed E-state index contributed by atoms with van der Waals surface area (Å²) < 4.78 is 4.66. The predicted molar refractivity (Wildman–Crippen MR) is 91.1 cm³/mol. The Morgan fingerprint density at radius 2 is 1.88 bits per heavy atom. The number of hydrogen-bond acceptors (Lipinski definition) is 6. The van der Waals surface area contributed by atoms with Crippen LogP contribution in [0.25, 0.3) is 0 Å². The van der Waals surface area contributed by atoms with E-state index in [2.05, 4.69) is 25.3 Å². The van der Waals surface area contributed by atoms with E-state index in [0.29, 0.717) is 17.1 Å². The Balaban J connectivity index is 2.15. The molecule has 0 aliphatic rings. The van der Waals surface area contributed by atoms with Gasteiger partial charge in [0.1, 0.15) is 17.8 Å². The summed E-state index contributed by atoms with van der Waals surface area (Å²) in [6, 6.07) is 8.07. The van der Waals surface area contributed by atoms with E-state index in [-0.39, 0.29) is 11.2 Å². The number of amides is 1. The Bertz CT molecular complexity index is 753. The molecule has 1 aromatic carbocycles. The minimum atomic E-state index is -0.468. The lowest BCUT2D eigenvalue weighted by molar-refractivity contribution is 0.0600. The lowest BCUT2D eigenvalue weighted by Crippen LogP contribution is -2.27. The average Bonchev–Trinajstić information content (AvgIpc) is 2.53. The van der Waals surface area contributed by atoms with Gasteiger partial charge in [-0.15, -0.1) is 0 Å². The van der Waals surface area contributed by atoms with Crippen LogP contribution in [0.2, 0.25) is 0 Å². The molecule has 24 heavy (non-hydrogen) atoms. The largest absolute Gasteiger partial charge is 0.465 e. The molecule has 2 rings (SSSR count). The van der Waals surface area contributed by atoms with E-state index >= 15 is 0 Å². The van der Waals surface area contributed by atoms with E-state index in [1.54, 1.807) is 30.3 Å². The van der Waals surface area contributed by atoms with E-state index < -0.39 is 11.9 Å². The molecule has 0 fully saturated rings. The molecule has 0 aliphatic carbocycles. The first-order valence-electron chi connectivity index (χ1n) is 7.38. The number of aromatic nitrogens is 2. The van der Waals surface area contributed by atoms with E-state index in [9.17, 15) is 9.59 Å². The maximum Gasteiger partial charge on any atom is 0.337 e. The highest BCUT2D eigenvalue weighted by atomic mass is 16.5. The highest BCUT2D eigenvalue weighted by Gasteiger charge is 2.14. The minimum Gasteiger partial charge on any atom is -0.465 e. The van der Waals surface area contributed by atoms with Crippen LogP contribution in [0.4, 0.5) is 11.5 Å². The third-order valence-electron chi connectivity index (χ3n) is 2.94. The molecule has 2 N–H and O–H groups in total. The number of ether oxygens (including phenoxy) is 1. The number of hydrogen-bond donors (Lipinski definition) is 2. The second kappa shape index (κ2) is 7.08. The van der Waals surface area contributed by atoms with Crippen molar-refractivity contribution in [2.75, 3.05) is 17.7 Å². The van der Waals surface area contributed by atoms with Gasteiger partial charge in [-0.1, -0.05) is 6.07 Å². The minimum absolute atomic E-state index is 0.184. The van der Waals surface area contributed by atoms with Crippen LogP contribution in [-0.4, -0.2) is 34.5 Å². The van der Waals surface area contributed by atoms with Crippen molar-refractivity contribution in [3.8, 4) is 0 Å². The van der Waals surface area contributed by atoms with Crippen molar-refractivity contribution < 1.29 is 14.3 Å². The fraction of sp³-hybridized carbons (Fsp3) is 0.294. The number of esters is 1. The zero-order valence-corrected chi connectivity index (χ0v) is 14.1. The Labute approximate surface area is 140 Å². The second-order valence-electron chi connectivity index (χ2n) is 6.19. The highest BCUT2D eigenvalue weighted by molar-refractivity contribution is 6.03. The number of benzene rings is 1. The normalized spacial score (nSPS) is 10.8. The number of anilines is 2. The maximum absolute atomic E-state index is 12.3. The van der Waals surface area contributed by atoms with Gasteiger partial charge < -0.3 is 15.4 Å². The highest BCUT2D eigenvalue weighted by Crippen LogP contribution is 2.15.